The Labute approximate surface area is 88.7 Å². The van der Waals surface area contributed by atoms with E-state index in [0.29, 0.717) is 0 Å². The summed E-state index contributed by atoms with van der Waals surface area (Å²) >= 11 is 0. The molecule has 0 bridgehead atoms. The summed E-state index contributed by atoms with van der Waals surface area (Å²) in [6.45, 7) is 1.99. The number of benzene rings is 1. The van der Waals surface area contributed by atoms with E-state index >= 15 is 0 Å². The Morgan fingerprint density at radius 1 is 1.20 bits per heavy atom. The molecule has 1 aliphatic rings. The average molecular weight is 199 g/mol. The normalized spacial score (nSPS) is 14.9. The molecule has 1 aliphatic heterocycles. The van der Waals surface area contributed by atoms with Crippen molar-refractivity contribution in [3.8, 4) is 5.69 Å². The Bertz CT molecular complexity index is 459. The van der Waals surface area contributed by atoms with E-state index in [2.05, 4.69) is 27.2 Å². The molecule has 0 spiro atoms. The van der Waals surface area contributed by atoms with Crippen molar-refractivity contribution in [3.63, 3.8) is 0 Å². The van der Waals surface area contributed by atoms with Crippen molar-refractivity contribution in [1.29, 1.82) is 0 Å². The van der Waals surface area contributed by atoms with Gasteiger partial charge in [0.15, 0.2) is 0 Å². The number of aromatic nitrogens is 2. The van der Waals surface area contributed by atoms with E-state index in [4.69, 9.17) is 0 Å². The molecule has 76 valence electrons. The highest BCUT2D eigenvalue weighted by atomic mass is 15.3. The van der Waals surface area contributed by atoms with Gasteiger partial charge in [-0.1, -0.05) is 18.2 Å². The van der Waals surface area contributed by atoms with E-state index in [0.717, 1.165) is 25.2 Å². The number of hydrogen-bond acceptors (Lipinski definition) is 2. The topological polar surface area (TPSA) is 29.9 Å². The first-order valence-electron chi connectivity index (χ1n) is 5.27. The molecule has 0 radical (unpaired) electrons. The van der Waals surface area contributed by atoms with Gasteiger partial charge in [-0.05, 0) is 12.1 Å². The summed E-state index contributed by atoms with van der Waals surface area (Å²) in [7, 11) is 0. The van der Waals surface area contributed by atoms with Crippen LogP contribution in [0, 0.1) is 0 Å². The Hall–Kier alpha value is -1.61. The van der Waals surface area contributed by atoms with Gasteiger partial charge in [0.1, 0.15) is 0 Å². The van der Waals surface area contributed by atoms with Crippen molar-refractivity contribution in [2.45, 2.75) is 13.0 Å². The number of para-hydroxylation sites is 1. The molecule has 1 N–H and O–H groups in total. The van der Waals surface area contributed by atoms with Crippen LogP contribution < -0.4 is 5.32 Å². The van der Waals surface area contributed by atoms with Crippen molar-refractivity contribution < 1.29 is 0 Å². The summed E-state index contributed by atoms with van der Waals surface area (Å²) < 4.78 is 2.05. The fourth-order valence-corrected chi connectivity index (χ4v) is 2.04. The standard InChI is InChI=1S/C12H13N3/c1-2-4-11(5-3-1)15-12-6-7-13-8-10(12)9-14-15/h1-5,9,13H,6-8H2. The molecule has 2 aromatic rings. The quantitative estimate of drug-likeness (QED) is 0.754. The summed E-state index contributed by atoms with van der Waals surface area (Å²) in [5.74, 6) is 0. The van der Waals surface area contributed by atoms with E-state index in [1.165, 1.54) is 11.3 Å². The van der Waals surface area contributed by atoms with Crippen LogP contribution in [0.25, 0.3) is 5.69 Å². The lowest BCUT2D eigenvalue weighted by Crippen LogP contribution is -2.24. The van der Waals surface area contributed by atoms with Crippen LogP contribution in [0.5, 0.6) is 0 Å². The SMILES string of the molecule is c1ccc(-n2ncc3c2CCNC3)cc1. The molecule has 1 aromatic carbocycles. The summed E-state index contributed by atoms with van der Waals surface area (Å²) in [4.78, 5) is 0. The van der Waals surface area contributed by atoms with Gasteiger partial charge >= 0.3 is 0 Å². The van der Waals surface area contributed by atoms with E-state index in [9.17, 15) is 0 Å². The molecule has 0 atom stereocenters. The lowest BCUT2D eigenvalue weighted by molar-refractivity contribution is 0.623. The van der Waals surface area contributed by atoms with Gasteiger partial charge < -0.3 is 5.32 Å². The largest absolute Gasteiger partial charge is 0.312 e. The third kappa shape index (κ3) is 1.45. The van der Waals surface area contributed by atoms with Crippen LogP contribution in [0.15, 0.2) is 36.5 Å². The van der Waals surface area contributed by atoms with Crippen LogP contribution in [0.4, 0.5) is 0 Å². The monoisotopic (exact) mass is 199 g/mol. The highest BCUT2D eigenvalue weighted by Gasteiger charge is 2.14. The zero-order valence-corrected chi connectivity index (χ0v) is 8.48. The van der Waals surface area contributed by atoms with Crippen molar-refractivity contribution in [3.05, 3.63) is 47.8 Å². The summed E-state index contributed by atoms with van der Waals surface area (Å²) in [5, 5.41) is 7.80. The maximum absolute atomic E-state index is 4.44. The summed E-state index contributed by atoms with van der Waals surface area (Å²) in [6, 6.07) is 10.3. The number of hydrogen-bond donors (Lipinski definition) is 1. The van der Waals surface area contributed by atoms with E-state index < -0.39 is 0 Å². The second kappa shape index (κ2) is 3.51. The molecule has 15 heavy (non-hydrogen) atoms. The smallest absolute Gasteiger partial charge is 0.0648 e. The van der Waals surface area contributed by atoms with Gasteiger partial charge in [-0.3, -0.25) is 0 Å². The lowest BCUT2D eigenvalue weighted by atomic mass is 10.1. The van der Waals surface area contributed by atoms with Crippen LogP contribution in [0.2, 0.25) is 0 Å². The molecule has 3 heteroatoms. The molecule has 0 aliphatic carbocycles. The van der Waals surface area contributed by atoms with Gasteiger partial charge in [-0.2, -0.15) is 5.10 Å². The van der Waals surface area contributed by atoms with Crippen LogP contribution in [0.3, 0.4) is 0 Å². The van der Waals surface area contributed by atoms with Gasteiger partial charge in [0.25, 0.3) is 0 Å². The predicted molar refractivity (Wildman–Crippen MR) is 59.0 cm³/mol. The molecule has 0 saturated carbocycles. The Morgan fingerprint density at radius 2 is 2.07 bits per heavy atom. The second-order valence-electron chi connectivity index (χ2n) is 3.79. The van der Waals surface area contributed by atoms with E-state index in [-0.39, 0.29) is 0 Å². The summed E-state index contributed by atoms with van der Waals surface area (Å²) in [5.41, 5.74) is 3.82. The maximum atomic E-state index is 4.44. The fraction of sp³-hybridized carbons (Fsp3) is 0.250. The zero-order chi connectivity index (χ0) is 10.1. The third-order valence-corrected chi connectivity index (χ3v) is 2.81. The number of nitrogens with zero attached hydrogens (tertiary/aromatic N) is 2. The van der Waals surface area contributed by atoms with Gasteiger partial charge in [-0.15, -0.1) is 0 Å². The Morgan fingerprint density at radius 3 is 2.93 bits per heavy atom. The van der Waals surface area contributed by atoms with Gasteiger partial charge in [0, 0.05) is 30.8 Å². The lowest BCUT2D eigenvalue weighted by Gasteiger charge is -2.14. The van der Waals surface area contributed by atoms with E-state index in [1.54, 1.807) is 0 Å². The third-order valence-electron chi connectivity index (χ3n) is 2.81. The Balaban J connectivity index is 2.09. The van der Waals surface area contributed by atoms with Crippen molar-refractivity contribution in [2.75, 3.05) is 6.54 Å². The fourth-order valence-electron chi connectivity index (χ4n) is 2.04. The van der Waals surface area contributed by atoms with E-state index in [1.807, 2.05) is 24.4 Å². The van der Waals surface area contributed by atoms with Crippen LogP contribution in [-0.2, 0) is 13.0 Å². The maximum Gasteiger partial charge on any atom is 0.0648 e. The van der Waals surface area contributed by atoms with Crippen molar-refractivity contribution in [2.24, 2.45) is 0 Å². The first-order valence-corrected chi connectivity index (χ1v) is 5.27. The minimum Gasteiger partial charge on any atom is -0.312 e. The number of rotatable bonds is 1. The molecule has 0 saturated heterocycles. The number of nitrogens with one attached hydrogen (secondary N) is 1. The minimum absolute atomic E-state index is 0.947. The predicted octanol–water partition coefficient (Wildman–Crippen LogP) is 1.52. The van der Waals surface area contributed by atoms with Gasteiger partial charge in [-0.25, -0.2) is 4.68 Å². The van der Waals surface area contributed by atoms with Crippen LogP contribution >= 0.6 is 0 Å². The van der Waals surface area contributed by atoms with Gasteiger partial charge in [0.2, 0.25) is 0 Å². The molecule has 3 nitrogen and oxygen atoms in total. The second-order valence-corrected chi connectivity index (χ2v) is 3.79. The molecular formula is C12H13N3. The molecule has 3 rings (SSSR count). The van der Waals surface area contributed by atoms with Crippen molar-refractivity contribution >= 4 is 0 Å². The van der Waals surface area contributed by atoms with Crippen molar-refractivity contribution in [1.82, 2.24) is 15.1 Å². The first-order chi connectivity index (χ1) is 7.45. The molecule has 0 amide bonds. The summed E-state index contributed by atoms with van der Waals surface area (Å²) in [6.07, 6.45) is 3.03. The highest BCUT2D eigenvalue weighted by molar-refractivity contribution is 5.35. The zero-order valence-electron chi connectivity index (χ0n) is 8.48. The van der Waals surface area contributed by atoms with Crippen LogP contribution in [-0.4, -0.2) is 16.3 Å². The first kappa shape index (κ1) is 8.68. The molecular weight excluding hydrogens is 186 g/mol. The van der Waals surface area contributed by atoms with Gasteiger partial charge in [0.05, 0.1) is 11.9 Å². The van der Waals surface area contributed by atoms with Crippen LogP contribution in [0.1, 0.15) is 11.3 Å². The molecule has 1 aromatic heterocycles. The number of fused-ring (bicyclic) bond motifs is 1. The average Bonchev–Trinajstić information content (AvgIpc) is 2.74. The highest BCUT2D eigenvalue weighted by Crippen LogP contribution is 2.17. The minimum atomic E-state index is 0.947. The molecule has 0 fully saturated rings. The molecule has 2 heterocycles. The Kier molecular flexibility index (Phi) is 2.03. The molecule has 0 unspecified atom stereocenters.